The fraction of sp³-hybridized carbons (Fsp3) is 0.480. The molecule has 0 aromatic heterocycles. The minimum absolute atomic E-state index is 0.0385. The summed E-state index contributed by atoms with van der Waals surface area (Å²) in [5, 5.41) is 0.671. The van der Waals surface area contributed by atoms with E-state index in [-0.39, 0.29) is 17.9 Å². The number of nitrogens with zero attached hydrogens (tertiary/aromatic N) is 1. The van der Waals surface area contributed by atoms with Crippen LogP contribution in [0, 0.1) is 5.92 Å². The van der Waals surface area contributed by atoms with Gasteiger partial charge in [-0.2, -0.15) is 0 Å². The van der Waals surface area contributed by atoms with E-state index in [9.17, 15) is 4.79 Å². The Hall–Kier alpha value is -2.20. The van der Waals surface area contributed by atoms with Gasteiger partial charge in [0.2, 0.25) is 5.91 Å². The Morgan fingerprint density at radius 3 is 2.47 bits per heavy atom. The highest BCUT2D eigenvalue weighted by molar-refractivity contribution is 6.31. The first-order chi connectivity index (χ1) is 14.5. The predicted octanol–water partition coefficient (Wildman–Crippen LogP) is 6.05. The number of unbranched alkanes of at least 4 members (excludes halogenated alkanes) is 1. The van der Waals surface area contributed by atoms with Gasteiger partial charge in [0.25, 0.3) is 0 Å². The molecule has 5 heteroatoms. The number of rotatable bonds is 8. The number of carbonyl (C=O) groups is 1. The number of ether oxygens (including phenoxy) is 2. The first kappa shape index (κ1) is 22.5. The molecule has 0 radical (unpaired) electrons. The zero-order valence-electron chi connectivity index (χ0n) is 18.4. The topological polar surface area (TPSA) is 38.8 Å². The van der Waals surface area contributed by atoms with Gasteiger partial charge in [-0.05, 0) is 54.2 Å². The average molecular weight is 430 g/mol. The minimum Gasteiger partial charge on any atom is -0.493 e. The third-order valence-electron chi connectivity index (χ3n) is 6.10. The molecule has 0 bridgehead atoms. The number of amides is 1. The second kappa shape index (κ2) is 10.2. The van der Waals surface area contributed by atoms with Crippen LogP contribution in [-0.4, -0.2) is 31.6 Å². The fourth-order valence-corrected chi connectivity index (χ4v) is 4.64. The highest BCUT2D eigenvalue weighted by Crippen LogP contribution is 2.43. The molecule has 2 aromatic rings. The summed E-state index contributed by atoms with van der Waals surface area (Å²) in [4.78, 5) is 15.7. The Morgan fingerprint density at radius 2 is 1.83 bits per heavy atom. The molecule has 2 atom stereocenters. The van der Waals surface area contributed by atoms with Gasteiger partial charge in [-0.1, -0.05) is 56.5 Å². The number of hydrogen-bond donors (Lipinski definition) is 0. The molecule has 1 heterocycles. The van der Waals surface area contributed by atoms with Gasteiger partial charge in [0.05, 0.1) is 20.3 Å². The van der Waals surface area contributed by atoms with Crippen molar-refractivity contribution in [2.75, 3.05) is 20.8 Å². The third-order valence-corrected chi connectivity index (χ3v) is 6.45. The highest BCUT2D eigenvalue weighted by atomic mass is 35.5. The Morgan fingerprint density at radius 1 is 1.13 bits per heavy atom. The van der Waals surface area contributed by atoms with Gasteiger partial charge in [-0.15, -0.1) is 0 Å². The van der Waals surface area contributed by atoms with Crippen molar-refractivity contribution < 1.29 is 14.3 Å². The maximum Gasteiger partial charge on any atom is 0.226 e. The summed E-state index contributed by atoms with van der Waals surface area (Å²) in [5.41, 5.74) is 3.18. The number of hydrogen-bond acceptors (Lipinski definition) is 3. The van der Waals surface area contributed by atoms with Crippen LogP contribution in [0.5, 0.6) is 11.5 Å². The van der Waals surface area contributed by atoms with Crippen LogP contribution < -0.4 is 9.47 Å². The second-order valence-electron chi connectivity index (χ2n) is 7.86. The van der Waals surface area contributed by atoms with E-state index in [0.717, 1.165) is 43.2 Å². The van der Waals surface area contributed by atoms with E-state index in [1.807, 2.05) is 41.3 Å². The molecule has 0 N–H and O–H groups in total. The monoisotopic (exact) mass is 429 g/mol. The van der Waals surface area contributed by atoms with Gasteiger partial charge in [0, 0.05) is 17.5 Å². The number of fused-ring (bicyclic) bond motifs is 1. The van der Waals surface area contributed by atoms with Crippen LogP contribution in [-0.2, 0) is 11.2 Å². The molecule has 30 heavy (non-hydrogen) atoms. The van der Waals surface area contributed by atoms with Crippen LogP contribution in [0.3, 0.4) is 0 Å². The summed E-state index contributed by atoms with van der Waals surface area (Å²) in [6, 6.07) is 11.6. The van der Waals surface area contributed by atoms with Gasteiger partial charge in [0.15, 0.2) is 11.5 Å². The normalized spacial score (nSPS) is 16.7. The van der Waals surface area contributed by atoms with Gasteiger partial charge in [0.1, 0.15) is 0 Å². The molecule has 0 aliphatic carbocycles. The number of methoxy groups -OCH3 is 2. The molecule has 0 saturated heterocycles. The van der Waals surface area contributed by atoms with Crippen LogP contribution in [0.25, 0.3) is 0 Å². The molecule has 4 nitrogen and oxygen atoms in total. The van der Waals surface area contributed by atoms with Crippen molar-refractivity contribution in [1.82, 2.24) is 4.90 Å². The Kier molecular flexibility index (Phi) is 7.65. The SMILES string of the molecule is CCCC[C@@H](CC)C(=O)N1CCc2cc(OC)c(OC)cc2[C@@H]1c1ccccc1Cl. The molecular formula is C25H32ClNO3. The molecular weight excluding hydrogens is 398 g/mol. The summed E-state index contributed by atoms with van der Waals surface area (Å²) in [6.07, 6.45) is 4.72. The molecule has 2 aromatic carbocycles. The van der Waals surface area contributed by atoms with E-state index in [1.54, 1.807) is 14.2 Å². The van der Waals surface area contributed by atoms with Crippen molar-refractivity contribution in [2.45, 2.75) is 52.0 Å². The van der Waals surface area contributed by atoms with E-state index in [0.29, 0.717) is 23.1 Å². The first-order valence-corrected chi connectivity index (χ1v) is 11.2. The van der Waals surface area contributed by atoms with E-state index in [1.165, 1.54) is 5.56 Å². The molecule has 0 fully saturated rings. The zero-order valence-corrected chi connectivity index (χ0v) is 19.2. The second-order valence-corrected chi connectivity index (χ2v) is 8.27. The van der Waals surface area contributed by atoms with Crippen molar-refractivity contribution in [3.8, 4) is 11.5 Å². The molecule has 3 rings (SSSR count). The lowest BCUT2D eigenvalue weighted by molar-refractivity contribution is -0.138. The van der Waals surface area contributed by atoms with Crippen LogP contribution in [0.4, 0.5) is 0 Å². The van der Waals surface area contributed by atoms with Crippen LogP contribution in [0.1, 0.15) is 62.3 Å². The summed E-state index contributed by atoms with van der Waals surface area (Å²) >= 11 is 6.63. The fourth-order valence-electron chi connectivity index (χ4n) is 4.40. The zero-order chi connectivity index (χ0) is 21.7. The molecule has 162 valence electrons. The maximum atomic E-state index is 13.6. The van der Waals surface area contributed by atoms with E-state index in [2.05, 4.69) is 13.8 Å². The number of carbonyl (C=O) groups excluding carboxylic acids is 1. The van der Waals surface area contributed by atoms with Crippen molar-refractivity contribution in [2.24, 2.45) is 5.92 Å². The van der Waals surface area contributed by atoms with E-state index >= 15 is 0 Å². The lowest BCUT2D eigenvalue weighted by atomic mass is 9.86. The lowest BCUT2D eigenvalue weighted by Gasteiger charge is -2.40. The largest absolute Gasteiger partial charge is 0.493 e. The molecule has 1 aliphatic heterocycles. The van der Waals surface area contributed by atoms with Crippen molar-refractivity contribution in [3.63, 3.8) is 0 Å². The van der Waals surface area contributed by atoms with Crippen molar-refractivity contribution in [1.29, 1.82) is 0 Å². The van der Waals surface area contributed by atoms with Gasteiger partial charge >= 0.3 is 0 Å². The van der Waals surface area contributed by atoms with Gasteiger partial charge in [-0.25, -0.2) is 0 Å². The Labute approximate surface area is 185 Å². The molecule has 0 unspecified atom stereocenters. The molecule has 1 aliphatic rings. The van der Waals surface area contributed by atoms with Crippen LogP contribution >= 0.6 is 11.6 Å². The maximum absolute atomic E-state index is 13.6. The summed E-state index contributed by atoms with van der Waals surface area (Å²) in [5.74, 6) is 1.64. The summed E-state index contributed by atoms with van der Waals surface area (Å²) in [6.45, 7) is 4.94. The summed E-state index contributed by atoms with van der Waals surface area (Å²) < 4.78 is 11.1. The third kappa shape index (κ3) is 4.44. The summed E-state index contributed by atoms with van der Waals surface area (Å²) in [7, 11) is 3.28. The first-order valence-electron chi connectivity index (χ1n) is 10.8. The highest BCUT2D eigenvalue weighted by Gasteiger charge is 2.36. The smallest absolute Gasteiger partial charge is 0.226 e. The average Bonchev–Trinajstić information content (AvgIpc) is 2.78. The minimum atomic E-state index is -0.231. The number of benzene rings is 2. The van der Waals surface area contributed by atoms with Gasteiger partial charge in [-0.3, -0.25) is 4.79 Å². The van der Waals surface area contributed by atoms with E-state index < -0.39 is 0 Å². The lowest BCUT2D eigenvalue weighted by Crippen LogP contribution is -2.43. The van der Waals surface area contributed by atoms with Crippen LogP contribution in [0.2, 0.25) is 5.02 Å². The Balaban J connectivity index is 2.11. The van der Waals surface area contributed by atoms with Crippen LogP contribution in [0.15, 0.2) is 36.4 Å². The molecule has 0 saturated carbocycles. The Bertz CT molecular complexity index is 883. The number of halogens is 1. The quantitative estimate of drug-likeness (QED) is 0.512. The van der Waals surface area contributed by atoms with Crippen molar-refractivity contribution in [3.05, 3.63) is 58.1 Å². The van der Waals surface area contributed by atoms with E-state index in [4.69, 9.17) is 21.1 Å². The van der Waals surface area contributed by atoms with Crippen molar-refractivity contribution >= 4 is 17.5 Å². The molecule has 0 spiro atoms. The predicted molar refractivity (Wildman–Crippen MR) is 122 cm³/mol. The molecule has 1 amide bonds. The standard InChI is InChI=1S/C25H32ClNO3/c1-5-7-10-17(6-2)25(28)27-14-13-18-15-22(29-3)23(30-4)16-20(18)24(27)19-11-8-9-12-21(19)26/h8-9,11-12,15-17,24H,5-7,10,13-14H2,1-4H3/t17-,24+/m1/s1. The van der Waals surface area contributed by atoms with Gasteiger partial charge < -0.3 is 14.4 Å².